The van der Waals surface area contributed by atoms with Crippen LogP contribution in [-0.2, 0) is 16.1 Å². The van der Waals surface area contributed by atoms with Crippen molar-refractivity contribution >= 4 is 16.9 Å². The first kappa shape index (κ1) is 19.0. The highest BCUT2D eigenvalue weighted by molar-refractivity contribution is 5.91. The molecule has 0 radical (unpaired) electrons. The van der Waals surface area contributed by atoms with Gasteiger partial charge in [0, 0.05) is 17.0 Å². The maximum absolute atomic E-state index is 12.8. The van der Waals surface area contributed by atoms with Crippen LogP contribution in [0.15, 0.2) is 35.1 Å². The lowest BCUT2D eigenvalue weighted by atomic mass is 9.96. The lowest BCUT2D eigenvalue weighted by molar-refractivity contribution is -0.142. The predicted octanol–water partition coefficient (Wildman–Crippen LogP) is 3.11. The van der Waals surface area contributed by atoms with Crippen LogP contribution >= 0.6 is 0 Å². The van der Waals surface area contributed by atoms with E-state index in [0.717, 1.165) is 22.2 Å². The molecule has 7 heteroatoms. The third kappa shape index (κ3) is 2.93. The van der Waals surface area contributed by atoms with E-state index in [2.05, 4.69) is 0 Å². The maximum Gasteiger partial charge on any atom is 0.313 e. The van der Waals surface area contributed by atoms with Gasteiger partial charge in [-0.1, -0.05) is 6.92 Å². The Morgan fingerprint density at radius 3 is 2.62 bits per heavy atom. The Kier molecular flexibility index (Phi) is 4.74. The summed E-state index contributed by atoms with van der Waals surface area (Å²) in [6.07, 6.45) is 0.546. The van der Waals surface area contributed by atoms with Crippen molar-refractivity contribution in [3.8, 4) is 22.9 Å². The first-order valence-corrected chi connectivity index (χ1v) is 9.40. The van der Waals surface area contributed by atoms with E-state index in [1.807, 2.05) is 31.2 Å². The standard InChI is InChI=1S/C22H22N2O5/c1-5-14(22(26)29-4)12-9-17-20-13(11-24(17)19(25)10-12)8-15-16(23-20)6-7-18(27-2)21(15)28-3/h6-10,14H,5,11H2,1-4H3. The fraction of sp³-hybridized carbons (Fsp3) is 0.318. The van der Waals surface area contributed by atoms with Gasteiger partial charge in [-0.15, -0.1) is 0 Å². The van der Waals surface area contributed by atoms with E-state index in [1.165, 1.54) is 13.2 Å². The van der Waals surface area contributed by atoms with Gasteiger partial charge in [0.05, 0.1) is 50.7 Å². The summed E-state index contributed by atoms with van der Waals surface area (Å²) in [4.78, 5) is 29.7. The van der Waals surface area contributed by atoms with Crippen LogP contribution in [0.5, 0.6) is 11.5 Å². The summed E-state index contributed by atoms with van der Waals surface area (Å²) in [5.74, 6) is 0.410. The Balaban J connectivity index is 1.91. The number of carbonyl (C=O) groups is 1. The molecular formula is C22H22N2O5. The number of aromatic nitrogens is 2. The molecule has 3 heterocycles. The maximum atomic E-state index is 12.8. The van der Waals surface area contributed by atoms with Gasteiger partial charge in [-0.2, -0.15) is 0 Å². The number of hydrogen-bond donors (Lipinski definition) is 0. The number of methoxy groups -OCH3 is 3. The van der Waals surface area contributed by atoms with Gasteiger partial charge < -0.3 is 18.8 Å². The van der Waals surface area contributed by atoms with E-state index in [1.54, 1.807) is 18.8 Å². The predicted molar refractivity (Wildman–Crippen MR) is 109 cm³/mol. The monoisotopic (exact) mass is 394 g/mol. The van der Waals surface area contributed by atoms with Crippen molar-refractivity contribution in [1.82, 2.24) is 9.55 Å². The van der Waals surface area contributed by atoms with E-state index in [4.69, 9.17) is 19.2 Å². The van der Waals surface area contributed by atoms with Crippen LogP contribution in [0, 0.1) is 0 Å². The molecule has 0 N–H and O–H groups in total. The number of fused-ring (bicyclic) bond motifs is 4. The van der Waals surface area contributed by atoms with Crippen LogP contribution in [0.4, 0.5) is 0 Å². The van der Waals surface area contributed by atoms with Crippen molar-refractivity contribution in [1.29, 1.82) is 0 Å². The summed E-state index contributed by atoms with van der Waals surface area (Å²) >= 11 is 0. The summed E-state index contributed by atoms with van der Waals surface area (Å²) in [7, 11) is 4.54. The summed E-state index contributed by atoms with van der Waals surface area (Å²) in [6, 6.07) is 9.05. The lowest BCUT2D eigenvalue weighted by Gasteiger charge is -2.14. The molecule has 0 fully saturated rings. The van der Waals surface area contributed by atoms with E-state index < -0.39 is 5.92 Å². The molecule has 1 aromatic carbocycles. The third-order valence-electron chi connectivity index (χ3n) is 5.43. The SMILES string of the molecule is CCC(C(=O)OC)c1cc2n(c(=O)c1)Cc1cc3c(OC)c(OC)ccc3nc1-2. The summed E-state index contributed by atoms with van der Waals surface area (Å²) in [5, 5.41) is 0.827. The van der Waals surface area contributed by atoms with Crippen molar-refractivity contribution in [2.75, 3.05) is 21.3 Å². The molecule has 1 aliphatic rings. The van der Waals surface area contributed by atoms with Gasteiger partial charge in [-0.3, -0.25) is 9.59 Å². The Bertz CT molecular complexity index is 1180. The van der Waals surface area contributed by atoms with E-state index in [0.29, 0.717) is 35.7 Å². The topological polar surface area (TPSA) is 79.7 Å². The highest BCUT2D eigenvalue weighted by atomic mass is 16.5. The molecule has 1 atom stereocenters. The third-order valence-corrected chi connectivity index (χ3v) is 5.43. The molecule has 3 aromatic rings. The molecule has 0 aliphatic carbocycles. The van der Waals surface area contributed by atoms with Gasteiger partial charge in [-0.05, 0) is 36.2 Å². The molecule has 29 heavy (non-hydrogen) atoms. The molecule has 0 bridgehead atoms. The quantitative estimate of drug-likeness (QED) is 0.484. The van der Waals surface area contributed by atoms with Crippen molar-refractivity contribution in [2.24, 2.45) is 0 Å². The van der Waals surface area contributed by atoms with Crippen LogP contribution in [0.1, 0.15) is 30.4 Å². The highest BCUT2D eigenvalue weighted by Crippen LogP contribution is 2.39. The molecule has 7 nitrogen and oxygen atoms in total. The number of esters is 1. The largest absolute Gasteiger partial charge is 0.493 e. The average Bonchev–Trinajstić information content (AvgIpc) is 3.09. The number of pyridine rings is 2. The first-order chi connectivity index (χ1) is 14.0. The second kappa shape index (κ2) is 7.24. The number of nitrogens with zero attached hydrogens (tertiary/aromatic N) is 2. The summed E-state index contributed by atoms with van der Waals surface area (Å²) in [6.45, 7) is 2.31. The lowest BCUT2D eigenvalue weighted by Crippen LogP contribution is -2.22. The van der Waals surface area contributed by atoms with Crippen LogP contribution in [0.3, 0.4) is 0 Å². The van der Waals surface area contributed by atoms with E-state index in [-0.39, 0.29) is 11.5 Å². The first-order valence-electron chi connectivity index (χ1n) is 9.40. The Morgan fingerprint density at radius 1 is 1.17 bits per heavy atom. The van der Waals surface area contributed by atoms with Crippen LogP contribution in [0.25, 0.3) is 22.3 Å². The molecular weight excluding hydrogens is 372 g/mol. The highest BCUT2D eigenvalue weighted by Gasteiger charge is 2.27. The van der Waals surface area contributed by atoms with Gasteiger partial charge in [-0.25, -0.2) is 4.98 Å². The molecule has 0 saturated heterocycles. The minimum absolute atomic E-state index is 0.161. The molecule has 4 rings (SSSR count). The molecule has 2 aromatic heterocycles. The van der Waals surface area contributed by atoms with Crippen LogP contribution < -0.4 is 15.0 Å². The Morgan fingerprint density at radius 2 is 1.97 bits per heavy atom. The second-order valence-corrected chi connectivity index (χ2v) is 6.95. The van der Waals surface area contributed by atoms with Gasteiger partial charge in [0.1, 0.15) is 0 Å². The van der Waals surface area contributed by atoms with Gasteiger partial charge in [0.25, 0.3) is 5.56 Å². The van der Waals surface area contributed by atoms with Crippen LogP contribution in [-0.4, -0.2) is 36.8 Å². The number of hydrogen-bond acceptors (Lipinski definition) is 6. The number of rotatable bonds is 5. The average molecular weight is 394 g/mol. The van der Waals surface area contributed by atoms with E-state index in [9.17, 15) is 9.59 Å². The molecule has 0 saturated carbocycles. The molecule has 1 unspecified atom stereocenters. The molecule has 150 valence electrons. The van der Waals surface area contributed by atoms with Gasteiger partial charge >= 0.3 is 5.97 Å². The van der Waals surface area contributed by atoms with E-state index >= 15 is 0 Å². The normalized spacial score (nSPS) is 13.0. The minimum atomic E-state index is -0.479. The van der Waals surface area contributed by atoms with Crippen molar-refractivity contribution in [3.63, 3.8) is 0 Å². The van der Waals surface area contributed by atoms with Crippen molar-refractivity contribution in [3.05, 3.63) is 51.8 Å². The molecule has 0 spiro atoms. The van der Waals surface area contributed by atoms with Crippen molar-refractivity contribution in [2.45, 2.75) is 25.8 Å². The zero-order valence-electron chi connectivity index (χ0n) is 16.8. The number of ether oxygens (including phenoxy) is 3. The van der Waals surface area contributed by atoms with Crippen molar-refractivity contribution < 1.29 is 19.0 Å². The number of benzene rings is 1. The fourth-order valence-corrected chi connectivity index (χ4v) is 3.98. The van der Waals surface area contributed by atoms with Gasteiger partial charge in [0.2, 0.25) is 0 Å². The molecule has 0 amide bonds. The summed E-state index contributed by atoms with van der Waals surface area (Å²) < 4.78 is 17.5. The second-order valence-electron chi connectivity index (χ2n) is 6.95. The van der Waals surface area contributed by atoms with Gasteiger partial charge in [0.15, 0.2) is 11.5 Å². The zero-order valence-corrected chi connectivity index (χ0v) is 16.8. The summed E-state index contributed by atoms with van der Waals surface area (Å²) in [5.41, 5.74) is 3.60. The Hall–Kier alpha value is -3.35. The number of carbonyl (C=O) groups excluding carboxylic acids is 1. The fourth-order valence-electron chi connectivity index (χ4n) is 3.98. The smallest absolute Gasteiger partial charge is 0.313 e. The molecule has 1 aliphatic heterocycles. The minimum Gasteiger partial charge on any atom is -0.493 e. The zero-order chi connectivity index (χ0) is 20.7. The Labute approximate surface area is 167 Å². The van der Waals surface area contributed by atoms with Crippen LogP contribution in [0.2, 0.25) is 0 Å².